The molecule has 0 atom stereocenters. The Kier molecular flexibility index (Phi) is 4.52. The van der Waals surface area contributed by atoms with Gasteiger partial charge in [-0.3, -0.25) is 0 Å². The van der Waals surface area contributed by atoms with Gasteiger partial charge in [0.25, 0.3) is 0 Å². The van der Waals surface area contributed by atoms with Crippen molar-refractivity contribution in [2.75, 3.05) is 0 Å². The van der Waals surface area contributed by atoms with Crippen molar-refractivity contribution in [1.29, 1.82) is 0 Å². The summed E-state index contributed by atoms with van der Waals surface area (Å²) in [6.45, 7) is 0. The quantitative estimate of drug-likeness (QED) is 0.719. The Labute approximate surface area is 110 Å². The summed E-state index contributed by atoms with van der Waals surface area (Å²) in [5.41, 5.74) is 1.70. The van der Waals surface area contributed by atoms with Crippen LogP contribution in [0.15, 0.2) is 67.5 Å². The summed E-state index contributed by atoms with van der Waals surface area (Å²) >= 11 is 0. The average molecular weight is 252 g/mol. The number of hydrogen-bond acceptors (Lipinski definition) is 5. The predicted octanol–water partition coefficient (Wildman–Crippen LogP) is 2.33. The molecule has 0 fully saturated rings. The lowest BCUT2D eigenvalue weighted by atomic mass is 10.1. The SMILES string of the molecule is Oc1cc(-c2ccccc2)ncn1.c1cncnc1. The maximum absolute atomic E-state index is 9.12. The normalized spacial score (nSPS) is 9.26. The van der Waals surface area contributed by atoms with Crippen molar-refractivity contribution in [3.05, 3.63) is 67.5 Å². The van der Waals surface area contributed by atoms with Crippen molar-refractivity contribution in [3.8, 4) is 17.1 Å². The van der Waals surface area contributed by atoms with Crippen LogP contribution in [0.3, 0.4) is 0 Å². The lowest BCUT2D eigenvalue weighted by molar-refractivity contribution is 0.452. The molecule has 0 aliphatic carbocycles. The zero-order valence-electron chi connectivity index (χ0n) is 10.1. The standard InChI is InChI=1S/C10H8N2O.C4H4N2/c13-10-6-9(11-7-12-10)8-4-2-1-3-5-8;1-2-5-4-6-3-1/h1-7H,(H,11,12,13);1-4H. The number of aromatic nitrogens is 4. The van der Waals surface area contributed by atoms with Gasteiger partial charge in [-0.15, -0.1) is 0 Å². The second-order valence-corrected chi connectivity index (χ2v) is 3.53. The molecular weight excluding hydrogens is 240 g/mol. The highest BCUT2D eigenvalue weighted by atomic mass is 16.3. The molecule has 1 N–H and O–H groups in total. The molecular formula is C14H12N4O. The van der Waals surface area contributed by atoms with E-state index in [1.165, 1.54) is 18.7 Å². The number of benzene rings is 1. The van der Waals surface area contributed by atoms with Crippen molar-refractivity contribution in [3.63, 3.8) is 0 Å². The molecule has 94 valence electrons. The topological polar surface area (TPSA) is 71.8 Å². The fourth-order valence-corrected chi connectivity index (χ4v) is 1.37. The third-order valence-corrected chi connectivity index (χ3v) is 2.20. The molecule has 0 amide bonds. The van der Waals surface area contributed by atoms with Crippen molar-refractivity contribution >= 4 is 0 Å². The Bertz CT molecular complexity index is 575. The summed E-state index contributed by atoms with van der Waals surface area (Å²) in [5.74, 6) is -0.00569. The fraction of sp³-hybridized carbons (Fsp3) is 0. The first-order chi connectivity index (χ1) is 9.36. The molecule has 0 unspecified atom stereocenters. The molecule has 3 aromatic rings. The van der Waals surface area contributed by atoms with Gasteiger partial charge in [0.15, 0.2) is 0 Å². The number of hydrogen-bond donors (Lipinski definition) is 1. The molecule has 5 heteroatoms. The fourth-order valence-electron chi connectivity index (χ4n) is 1.37. The number of aromatic hydroxyl groups is 1. The van der Waals surface area contributed by atoms with Crippen LogP contribution in [0.1, 0.15) is 0 Å². The van der Waals surface area contributed by atoms with Crippen LogP contribution < -0.4 is 0 Å². The molecule has 0 bridgehead atoms. The van der Waals surface area contributed by atoms with E-state index in [9.17, 15) is 0 Å². The molecule has 0 saturated carbocycles. The van der Waals surface area contributed by atoms with Gasteiger partial charge in [-0.2, -0.15) is 0 Å². The molecule has 0 aliphatic rings. The van der Waals surface area contributed by atoms with E-state index in [2.05, 4.69) is 19.9 Å². The van der Waals surface area contributed by atoms with E-state index in [-0.39, 0.29) is 5.88 Å². The third-order valence-electron chi connectivity index (χ3n) is 2.20. The first-order valence-corrected chi connectivity index (χ1v) is 5.62. The molecule has 19 heavy (non-hydrogen) atoms. The van der Waals surface area contributed by atoms with Gasteiger partial charge in [-0.05, 0) is 6.07 Å². The van der Waals surface area contributed by atoms with Gasteiger partial charge in [0, 0.05) is 24.0 Å². The molecule has 1 aromatic carbocycles. The summed E-state index contributed by atoms with van der Waals surface area (Å²) in [5, 5.41) is 9.12. The van der Waals surface area contributed by atoms with Crippen LogP contribution in [0, 0.1) is 0 Å². The molecule has 0 aliphatic heterocycles. The Balaban J connectivity index is 0.000000186. The van der Waals surface area contributed by atoms with Gasteiger partial charge in [0.1, 0.15) is 12.7 Å². The highest BCUT2D eigenvalue weighted by Gasteiger charge is 1.98. The molecule has 2 heterocycles. The van der Waals surface area contributed by atoms with Crippen LogP contribution >= 0.6 is 0 Å². The third kappa shape index (κ3) is 4.16. The largest absolute Gasteiger partial charge is 0.493 e. The van der Waals surface area contributed by atoms with Crippen molar-refractivity contribution in [2.24, 2.45) is 0 Å². The minimum Gasteiger partial charge on any atom is -0.493 e. The van der Waals surface area contributed by atoms with Crippen LogP contribution in [0.25, 0.3) is 11.3 Å². The molecule has 0 saturated heterocycles. The Morgan fingerprint density at radius 2 is 1.53 bits per heavy atom. The Hall–Kier alpha value is -2.82. The van der Waals surface area contributed by atoms with Gasteiger partial charge in [0.2, 0.25) is 5.88 Å². The predicted molar refractivity (Wildman–Crippen MR) is 71.2 cm³/mol. The molecule has 0 spiro atoms. The van der Waals surface area contributed by atoms with E-state index < -0.39 is 0 Å². The summed E-state index contributed by atoms with van der Waals surface area (Å²) in [6, 6.07) is 13.0. The van der Waals surface area contributed by atoms with Crippen LogP contribution in [0.2, 0.25) is 0 Å². The van der Waals surface area contributed by atoms with E-state index in [1.807, 2.05) is 30.3 Å². The van der Waals surface area contributed by atoms with E-state index >= 15 is 0 Å². The zero-order valence-corrected chi connectivity index (χ0v) is 10.1. The van der Waals surface area contributed by atoms with Crippen LogP contribution in [0.4, 0.5) is 0 Å². The van der Waals surface area contributed by atoms with Gasteiger partial charge in [-0.25, -0.2) is 19.9 Å². The van der Waals surface area contributed by atoms with Crippen LogP contribution in [-0.2, 0) is 0 Å². The maximum atomic E-state index is 9.12. The lowest BCUT2D eigenvalue weighted by Crippen LogP contribution is -1.83. The monoisotopic (exact) mass is 252 g/mol. The van der Waals surface area contributed by atoms with E-state index in [0.29, 0.717) is 0 Å². The van der Waals surface area contributed by atoms with Crippen molar-refractivity contribution < 1.29 is 5.11 Å². The van der Waals surface area contributed by atoms with Gasteiger partial charge in [-0.1, -0.05) is 30.3 Å². The van der Waals surface area contributed by atoms with Gasteiger partial charge >= 0.3 is 0 Å². The second kappa shape index (κ2) is 6.80. The number of nitrogens with zero attached hydrogens (tertiary/aromatic N) is 4. The second-order valence-electron chi connectivity index (χ2n) is 3.53. The molecule has 5 nitrogen and oxygen atoms in total. The molecule has 3 rings (SSSR count). The maximum Gasteiger partial charge on any atom is 0.214 e. The van der Waals surface area contributed by atoms with Gasteiger partial charge < -0.3 is 5.11 Å². The van der Waals surface area contributed by atoms with Crippen molar-refractivity contribution in [2.45, 2.75) is 0 Å². The minimum atomic E-state index is -0.00569. The molecule has 2 aromatic heterocycles. The average Bonchev–Trinajstić information content (AvgIpc) is 2.51. The van der Waals surface area contributed by atoms with Gasteiger partial charge in [0.05, 0.1) is 5.69 Å². The first kappa shape index (κ1) is 12.6. The van der Waals surface area contributed by atoms with E-state index in [0.717, 1.165) is 11.3 Å². The van der Waals surface area contributed by atoms with Crippen LogP contribution in [-0.4, -0.2) is 25.0 Å². The summed E-state index contributed by atoms with van der Waals surface area (Å²) in [7, 11) is 0. The lowest BCUT2D eigenvalue weighted by Gasteiger charge is -1.98. The van der Waals surface area contributed by atoms with Crippen molar-refractivity contribution in [1.82, 2.24) is 19.9 Å². The Morgan fingerprint density at radius 3 is 2.05 bits per heavy atom. The summed E-state index contributed by atoms with van der Waals surface area (Å²) in [6.07, 6.45) is 6.22. The highest BCUT2D eigenvalue weighted by Crippen LogP contribution is 2.17. The first-order valence-electron chi connectivity index (χ1n) is 5.62. The molecule has 0 radical (unpaired) electrons. The zero-order chi connectivity index (χ0) is 13.3. The summed E-state index contributed by atoms with van der Waals surface area (Å²) < 4.78 is 0. The minimum absolute atomic E-state index is 0.00569. The number of rotatable bonds is 1. The smallest absolute Gasteiger partial charge is 0.214 e. The Morgan fingerprint density at radius 1 is 0.789 bits per heavy atom. The van der Waals surface area contributed by atoms with E-state index in [1.54, 1.807) is 18.5 Å². The van der Waals surface area contributed by atoms with Crippen LogP contribution in [0.5, 0.6) is 5.88 Å². The highest BCUT2D eigenvalue weighted by molar-refractivity contribution is 5.59. The summed E-state index contributed by atoms with van der Waals surface area (Å²) in [4.78, 5) is 15.0. The van der Waals surface area contributed by atoms with E-state index in [4.69, 9.17) is 5.11 Å².